The maximum Gasteiger partial charge on any atom is 0.241 e. The highest BCUT2D eigenvalue weighted by Crippen LogP contribution is 2.23. The Kier molecular flexibility index (Phi) is 6.39. The van der Waals surface area contributed by atoms with E-state index in [0.717, 1.165) is 38.2 Å². The largest absolute Gasteiger partial charge is 0.497 e. The Morgan fingerprint density at radius 1 is 1.07 bits per heavy atom. The van der Waals surface area contributed by atoms with Gasteiger partial charge in [0.2, 0.25) is 15.9 Å². The van der Waals surface area contributed by atoms with Crippen molar-refractivity contribution in [2.24, 2.45) is 0 Å². The zero-order valence-corrected chi connectivity index (χ0v) is 17.0. The van der Waals surface area contributed by atoms with Crippen LogP contribution in [0.5, 0.6) is 5.75 Å². The number of sulfonamides is 1. The minimum absolute atomic E-state index is 0.0378. The fourth-order valence-electron chi connectivity index (χ4n) is 3.93. The van der Waals surface area contributed by atoms with Gasteiger partial charge in [-0.05, 0) is 37.0 Å². The summed E-state index contributed by atoms with van der Waals surface area (Å²) in [7, 11) is -1.68. The van der Waals surface area contributed by atoms with Crippen LogP contribution in [0.4, 0.5) is 0 Å². The van der Waals surface area contributed by atoms with Crippen LogP contribution in [0.15, 0.2) is 24.3 Å². The Morgan fingerprint density at radius 3 is 2.48 bits per heavy atom. The molecule has 1 aromatic rings. The highest BCUT2D eigenvalue weighted by atomic mass is 32.2. The van der Waals surface area contributed by atoms with Crippen LogP contribution in [-0.2, 0) is 21.4 Å². The highest BCUT2D eigenvalue weighted by molar-refractivity contribution is 7.88. The molecule has 2 aliphatic heterocycles. The third kappa shape index (κ3) is 5.00. The molecule has 150 valence electrons. The molecule has 8 heteroatoms. The fourth-order valence-corrected chi connectivity index (χ4v) is 5.05. The standard InChI is InChI=1S/C19H29N3O4S/c1-26-17-8-6-16(7-9-17)15-20-10-4-11-21(14-13-20)19(23)18-5-3-12-22(18)27(2,24)25/h6-9,18H,3-5,10-15H2,1-2H3. The minimum atomic E-state index is -3.34. The van der Waals surface area contributed by atoms with E-state index in [2.05, 4.69) is 17.0 Å². The summed E-state index contributed by atoms with van der Waals surface area (Å²) in [6.45, 7) is 4.34. The molecule has 2 saturated heterocycles. The molecule has 0 N–H and O–H groups in total. The van der Waals surface area contributed by atoms with Crippen molar-refractivity contribution in [3.63, 3.8) is 0 Å². The molecule has 0 spiro atoms. The average molecular weight is 396 g/mol. The van der Waals surface area contributed by atoms with Crippen molar-refractivity contribution in [3.05, 3.63) is 29.8 Å². The summed E-state index contributed by atoms with van der Waals surface area (Å²) in [6.07, 6.45) is 3.46. The van der Waals surface area contributed by atoms with Gasteiger partial charge in [0, 0.05) is 39.3 Å². The Morgan fingerprint density at radius 2 is 1.81 bits per heavy atom. The normalized spacial score (nSPS) is 22.6. The number of benzene rings is 1. The molecule has 0 aromatic heterocycles. The number of methoxy groups -OCH3 is 1. The number of hydrogen-bond donors (Lipinski definition) is 0. The van der Waals surface area contributed by atoms with Crippen LogP contribution in [0.3, 0.4) is 0 Å². The molecule has 3 rings (SSSR count). The molecule has 0 bridgehead atoms. The summed E-state index contributed by atoms with van der Waals surface area (Å²) in [5.41, 5.74) is 1.22. The number of rotatable bonds is 5. The predicted octanol–water partition coefficient (Wildman–Crippen LogP) is 1.15. The van der Waals surface area contributed by atoms with Gasteiger partial charge in [-0.1, -0.05) is 12.1 Å². The Balaban J connectivity index is 1.58. The molecular weight excluding hydrogens is 366 g/mol. The number of carbonyl (C=O) groups excluding carboxylic acids is 1. The molecule has 1 unspecified atom stereocenters. The van der Waals surface area contributed by atoms with Crippen LogP contribution in [0.1, 0.15) is 24.8 Å². The zero-order chi connectivity index (χ0) is 19.4. The average Bonchev–Trinajstić information content (AvgIpc) is 3.04. The molecular formula is C19H29N3O4S. The SMILES string of the molecule is COc1ccc(CN2CCCN(C(=O)C3CCCN3S(C)(=O)=O)CC2)cc1. The van der Waals surface area contributed by atoms with Gasteiger partial charge < -0.3 is 9.64 Å². The van der Waals surface area contributed by atoms with Gasteiger partial charge >= 0.3 is 0 Å². The van der Waals surface area contributed by atoms with Crippen molar-refractivity contribution in [3.8, 4) is 5.75 Å². The number of carbonyl (C=O) groups is 1. The van der Waals surface area contributed by atoms with Gasteiger partial charge in [-0.25, -0.2) is 8.42 Å². The summed E-state index contributed by atoms with van der Waals surface area (Å²) in [6, 6.07) is 7.53. The van der Waals surface area contributed by atoms with Gasteiger partial charge in [0.15, 0.2) is 0 Å². The van der Waals surface area contributed by atoms with Crippen molar-refractivity contribution < 1.29 is 17.9 Å². The van der Waals surface area contributed by atoms with E-state index in [1.165, 1.54) is 16.1 Å². The lowest BCUT2D eigenvalue weighted by Gasteiger charge is -2.28. The monoisotopic (exact) mass is 395 g/mol. The van der Waals surface area contributed by atoms with Crippen LogP contribution < -0.4 is 4.74 Å². The molecule has 27 heavy (non-hydrogen) atoms. The number of hydrogen-bond acceptors (Lipinski definition) is 5. The van der Waals surface area contributed by atoms with E-state index in [-0.39, 0.29) is 5.91 Å². The Hall–Kier alpha value is -1.64. The Labute approximate surface area is 161 Å². The third-order valence-electron chi connectivity index (χ3n) is 5.38. The zero-order valence-electron chi connectivity index (χ0n) is 16.1. The summed E-state index contributed by atoms with van der Waals surface area (Å²) in [4.78, 5) is 17.1. The van der Waals surface area contributed by atoms with Crippen LogP contribution in [0.25, 0.3) is 0 Å². The number of nitrogens with zero attached hydrogens (tertiary/aromatic N) is 3. The molecule has 7 nitrogen and oxygen atoms in total. The van der Waals surface area contributed by atoms with Gasteiger partial charge in [0.05, 0.1) is 13.4 Å². The van der Waals surface area contributed by atoms with Gasteiger partial charge in [0.1, 0.15) is 11.8 Å². The topological polar surface area (TPSA) is 70.2 Å². The van der Waals surface area contributed by atoms with Crippen LogP contribution in [0.2, 0.25) is 0 Å². The first kappa shape index (κ1) is 20.1. The van der Waals surface area contributed by atoms with Crippen LogP contribution >= 0.6 is 0 Å². The minimum Gasteiger partial charge on any atom is -0.497 e. The second-order valence-corrected chi connectivity index (χ2v) is 9.27. The third-order valence-corrected chi connectivity index (χ3v) is 6.67. The first-order valence-corrected chi connectivity index (χ1v) is 11.3. The number of amides is 1. The van der Waals surface area contributed by atoms with E-state index in [9.17, 15) is 13.2 Å². The van der Waals surface area contributed by atoms with E-state index < -0.39 is 16.1 Å². The molecule has 0 radical (unpaired) electrons. The highest BCUT2D eigenvalue weighted by Gasteiger charge is 2.38. The molecule has 2 fully saturated rings. The lowest BCUT2D eigenvalue weighted by Crippen LogP contribution is -2.48. The summed E-state index contributed by atoms with van der Waals surface area (Å²) in [5.74, 6) is 0.808. The van der Waals surface area contributed by atoms with E-state index in [1.807, 2.05) is 17.0 Å². The smallest absolute Gasteiger partial charge is 0.241 e. The lowest BCUT2D eigenvalue weighted by atomic mass is 10.2. The van der Waals surface area contributed by atoms with Crippen LogP contribution in [0, 0.1) is 0 Å². The summed E-state index contributed by atoms with van der Waals surface area (Å²) in [5, 5.41) is 0. The van der Waals surface area contributed by atoms with E-state index >= 15 is 0 Å². The summed E-state index contributed by atoms with van der Waals surface area (Å²) >= 11 is 0. The Bertz CT molecular complexity index is 751. The molecule has 1 atom stereocenters. The van der Waals surface area contributed by atoms with Crippen LogP contribution in [-0.4, -0.2) is 80.6 Å². The van der Waals surface area contributed by atoms with Gasteiger partial charge in [-0.3, -0.25) is 9.69 Å². The second-order valence-electron chi connectivity index (χ2n) is 7.33. The molecule has 1 amide bonds. The van der Waals surface area contributed by atoms with Crippen molar-refractivity contribution in [2.75, 3.05) is 46.1 Å². The predicted molar refractivity (Wildman–Crippen MR) is 104 cm³/mol. The van der Waals surface area contributed by atoms with E-state index in [1.54, 1.807) is 7.11 Å². The van der Waals surface area contributed by atoms with Gasteiger partial charge in [0.25, 0.3) is 0 Å². The summed E-state index contributed by atoms with van der Waals surface area (Å²) < 4.78 is 30.4. The van der Waals surface area contributed by atoms with Crippen molar-refractivity contribution in [1.29, 1.82) is 0 Å². The molecule has 2 aliphatic rings. The lowest BCUT2D eigenvalue weighted by molar-refractivity contribution is -0.134. The van der Waals surface area contributed by atoms with Gasteiger partial charge in [-0.15, -0.1) is 0 Å². The molecule has 2 heterocycles. The molecule has 0 aliphatic carbocycles. The number of ether oxygens (including phenoxy) is 1. The second kappa shape index (κ2) is 8.58. The maximum atomic E-state index is 12.9. The van der Waals surface area contributed by atoms with Crippen molar-refractivity contribution in [1.82, 2.24) is 14.1 Å². The first-order chi connectivity index (χ1) is 12.9. The fraction of sp³-hybridized carbons (Fsp3) is 0.632. The van der Waals surface area contributed by atoms with E-state index in [0.29, 0.717) is 26.1 Å². The van der Waals surface area contributed by atoms with Crippen molar-refractivity contribution in [2.45, 2.75) is 31.8 Å². The quantitative estimate of drug-likeness (QED) is 0.748. The molecule has 1 aromatic carbocycles. The molecule has 0 saturated carbocycles. The van der Waals surface area contributed by atoms with Crippen molar-refractivity contribution >= 4 is 15.9 Å². The maximum absolute atomic E-state index is 12.9. The first-order valence-electron chi connectivity index (χ1n) is 9.49. The van der Waals surface area contributed by atoms with Gasteiger partial charge in [-0.2, -0.15) is 4.31 Å². The van der Waals surface area contributed by atoms with E-state index in [4.69, 9.17) is 4.74 Å².